The van der Waals surface area contributed by atoms with Crippen LogP contribution in [0.15, 0.2) is 66.9 Å². The Kier molecular flexibility index (Phi) is 8.46. The van der Waals surface area contributed by atoms with Gasteiger partial charge in [0, 0.05) is 24.4 Å². The summed E-state index contributed by atoms with van der Waals surface area (Å²) in [5, 5.41) is 11.7. The van der Waals surface area contributed by atoms with E-state index in [0.717, 1.165) is 30.5 Å². The van der Waals surface area contributed by atoms with Gasteiger partial charge in [0.25, 0.3) is 0 Å². The van der Waals surface area contributed by atoms with E-state index < -0.39 is 54.4 Å². The summed E-state index contributed by atoms with van der Waals surface area (Å²) in [6, 6.07) is 7.91. The van der Waals surface area contributed by atoms with E-state index in [1.807, 2.05) is 0 Å². The zero-order valence-electron chi connectivity index (χ0n) is 19.2. The van der Waals surface area contributed by atoms with Gasteiger partial charge in [-0.2, -0.15) is 48.3 Å². The normalized spacial score (nSPS) is 14.7. The van der Waals surface area contributed by atoms with Crippen LogP contribution < -0.4 is 10.1 Å². The standard InChI is InChI=1S/C24H17F11N2O2/c25-21(26,24(33,34)35)15-5-1-3-13(9-15)20(37-12-19(38)23(30,31)32)14-4-2-6-16(10-14)39-17-7-8-36-18(11-17)22(27,28)29/h1-11,19-20,37-38H,12H2/t19-,20?/m1/s1. The van der Waals surface area contributed by atoms with Crippen LogP contribution in [0.25, 0.3) is 0 Å². The van der Waals surface area contributed by atoms with Gasteiger partial charge < -0.3 is 15.2 Å². The summed E-state index contributed by atoms with van der Waals surface area (Å²) in [6.45, 7) is -1.18. The van der Waals surface area contributed by atoms with Crippen molar-refractivity contribution in [3.63, 3.8) is 0 Å². The fraction of sp³-hybridized carbons (Fsp3) is 0.292. The van der Waals surface area contributed by atoms with Crippen molar-refractivity contribution in [1.29, 1.82) is 0 Å². The molecule has 0 aliphatic heterocycles. The van der Waals surface area contributed by atoms with Crippen molar-refractivity contribution in [3.8, 4) is 11.5 Å². The lowest BCUT2D eigenvalue weighted by Gasteiger charge is -2.25. The minimum absolute atomic E-state index is 0.0283. The average Bonchev–Trinajstić information content (AvgIpc) is 2.83. The number of nitrogens with one attached hydrogen (secondary N) is 1. The largest absolute Gasteiger partial charge is 0.458 e. The van der Waals surface area contributed by atoms with Crippen LogP contribution in [0.4, 0.5) is 48.3 Å². The number of benzene rings is 2. The van der Waals surface area contributed by atoms with E-state index in [1.165, 1.54) is 18.2 Å². The molecule has 0 saturated heterocycles. The third-order valence-corrected chi connectivity index (χ3v) is 5.28. The smallest absolute Gasteiger partial charge is 0.457 e. The van der Waals surface area contributed by atoms with E-state index in [4.69, 9.17) is 4.74 Å². The predicted molar refractivity (Wildman–Crippen MR) is 114 cm³/mol. The van der Waals surface area contributed by atoms with E-state index in [-0.39, 0.29) is 22.6 Å². The first kappa shape index (κ1) is 30.1. The molecule has 1 aromatic heterocycles. The molecule has 1 heterocycles. The summed E-state index contributed by atoms with van der Waals surface area (Å²) in [5.74, 6) is -5.76. The second kappa shape index (κ2) is 11.0. The fourth-order valence-corrected chi connectivity index (χ4v) is 3.37. The number of aromatic nitrogens is 1. The van der Waals surface area contributed by atoms with Crippen LogP contribution >= 0.6 is 0 Å². The van der Waals surface area contributed by atoms with Gasteiger partial charge in [-0.25, -0.2) is 0 Å². The van der Waals surface area contributed by atoms with Crippen molar-refractivity contribution in [2.45, 2.75) is 36.6 Å². The summed E-state index contributed by atoms with van der Waals surface area (Å²) >= 11 is 0. The van der Waals surface area contributed by atoms with Gasteiger partial charge in [0.2, 0.25) is 0 Å². The van der Waals surface area contributed by atoms with Gasteiger partial charge in [-0.1, -0.05) is 30.3 Å². The molecule has 0 fully saturated rings. The summed E-state index contributed by atoms with van der Waals surface area (Å²) in [7, 11) is 0. The molecule has 2 N–H and O–H groups in total. The van der Waals surface area contributed by atoms with Crippen LogP contribution in [-0.2, 0) is 12.1 Å². The third-order valence-electron chi connectivity index (χ3n) is 5.28. The molecule has 0 aliphatic rings. The molecule has 2 atom stereocenters. The van der Waals surface area contributed by atoms with Crippen molar-refractivity contribution in [2.24, 2.45) is 0 Å². The van der Waals surface area contributed by atoms with E-state index in [9.17, 15) is 53.4 Å². The summed E-state index contributed by atoms with van der Waals surface area (Å²) in [4.78, 5) is 3.17. The quantitative estimate of drug-likeness (QED) is 0.281. The van der Waals surface area contributed by atoms with E-state index in [1.54, 1.807) is 0 Å². The SMILES string of the molecule is O[C@H](CNC(c1cccc(Oc2ccnc(C(F)(F)F)c2)c1)c1cccc(C(F)(F)C(F)(F)F)c1)C(F)(F)F. The topological polar surface area (TPSA) is 54.4 Å². The predicted octanol–water partition coefficient (Wildman–Crippen LogP) is 7.15. The molecule has 0 radical (unpaired) electrons. The third kappa shape index (κ3) is 7.35. The van der Waals surface area contributed by atoms with Crippen LogP contribution in [0.3, 0.4) is 0 Å². The average molecular weight is 574 g/mol. The van der Waals surface area contributed by atoms with Crippen LogP contribution in [0.1, 0.15) is 28.4 Å². The molecule has 0 saturated carbocycles. The lowest BCUT2D eigenvalue weighted by atomic mass is 9.95. The van der Waals surface area contributed by atoms with Crippen molar-refractivity contribution in [2.75, 3.05) is 6.54 Å². The molecule has 3 rings (SSSR count). The number of ether oxygens (including phenoxy) is 1. The van der Waals surface area contributed by atoms with Gasteiger partial charge in [0.1, 0.15) is 17.2 Å². The van der Waals surface area contributed by atoms with Gasteiger partial charge in [-0.3, -0.25) is 4.98 Å². The van der Waals surface area contributed by atoms with Crippen LogP contribution in [0.5, 0.6) is 11.5 Å². The summed E-state index contributed by atoms with van der Waals surface area (Å²) in [5.41, 5.74) is -3.12. The zero-order valence-corrected chi connectivity index (χ0v) is 19.2. The minimum atomic E-state index is -5.96. The lowest BCUT2D eigenvalue weighted by Crippen LogP contribution is -2.40. The minimum Gasteiger partial charge on any atom is -0.457 e. The van der Waals surface area contributed by atoms with Gasteiger partial charge in [-0.05, 0) is 35.4 Å². The number of aliphatic hydroxyl groups is 1. The highest BCUT2D eigenvalue weighted by atomic mass is 19.4. The molecule has 212 valence electrons. The molecule has 0 spiro atoms. The Balaban J connectivity index is 2.01. The highest BCUT2D eigenvalue weighted by Crippen LogP contribution is 2.44. The van der Waals surface area contributed by atoms with Crippen molar-refractivity contribution < 1.29 is 58.1 Å². The molecule has 1 unspecified atom stereocenters. The van der Waals surface area contributed by atoms with Crippen molar-refractivity contribution in [1.82, 2.24) is 10.3 Å². The second-order valence-corrected chi connectivity index (χ2v) is 8.15. The maximum atomic E-state index is 14.0. The Bertz CT molecular complexity index is 1270. The van der Waals surface area contributed by atoms with Crippen LogP contribution in [-0.4, -0.2) is 35.1 Å². The molecule has 3 aromatic rings. The molecular formula is C24H17F11N2O2. The monoisotopic (exact) mass is 574 g/mol. The number of pyridine rings is 1. The maximum absolute atomic E-state index is 14.0. The first-order chi connectivity index (χ1) is 17.9. The number of hydrogen-bond acceptors (Lipinski definition) is 4. The Hall–Kier alpha value is -3.46. The number of halogens is 11. The Morgan fingerprint density at radius 1 is 0.769 bits per heavy atom. The van der Waals surface area contributed by atoms with E-state index >= 15 is 0 Å². The van der Waals surface area contributed by atoms with E-state index in [0.29, 0.717) is 18.2 Å². The highest BCUT2D eigenvalue weighted by molar-refractivity contribution is 5.41. The first-order valence-corrected chi connectivity index (χ1v) is 10.7. The Morgan fingerprint density at radius 3 is 1.95 bits per heavy atom. The van der Waals surface area contributed by atoms with Crippen LogP contribution in [0, 0.1) is 0 Å². The molecule has 2 aromatic carbocycles. The van der Waals surface area contributed by atoms with Gasteiger partial charge in [0.15, 0.2) is 6.10 Å². The molecular weight excluding hydrogens is 557 g/mol. The lowest BCUT2D eigenvalue weighted by molar-refractivity contribution is -0.289. The molecule has 0 aliphatic carbocycles. The van der Waals surface area contributed by atoms with Gasteiger partial charge in [0.05, 0.1) is 6.04 Å². The summed E-state index contributed by atoms with van der Waals surface area (Å²) < 4.78 is 149. The molecule has 0 bridgehead atoms. The van der Waals surface area contributed by atoms with Gasteiger partial charge >= 0.3 is 24.5 Å². The van der Waals surface area contributed by atoms with Crippen molar-refractivity contribution >= 4 is 0 Å². The molecule has 39 heavy (non-hydrogen) atoms. The van der Waals surface area contributed by atoms with Gasteiger partial charge in [-0.15, -0.1) is 0 Å². The summed E-state index contributed by atoms with van der Waals surface area (Å²) in [6.07, 6.45) is -17.9. The Labute approximate surface area is 213 Å². The highest BCUT2D eigenvalue weighted by Gasteiger charge is 2.58. The number of aliphatic hydroxyl groups excluding tert-OH is 1. The van der Waals surface area contributed by atoms with Crippen molar-refractivity contribution in [3.05, 3.63) is 89.2 Å². The molecule has 15 heteroatoms. The van der Waals surface area contributed by atoms with E-state index in [2.05, 4.69) is 10.3 Å². The fourth-order valence-electron chi connectivity index (χ4n) is 3.37. The molecule has 4 nitrogen and oxygen atoms in total. The Morgan fingerprint density at radius 2 is 1.36 bits per heavy atom. The van der Waals surface area contributed by atoms with Crippen LogP contribution in [0.2, 0.25) is 0 Å². The number of hydrogen-bond donors (Lipinski definition) is 2. The molecule has 0 amide bonds. The number of alkyl halides is 11. The number of nitrogens with zero attached hydrogens (tertiary/aromatic N) is 1. The maximum Gasteiger partial charge on any atom is 0.458 e. The number of rotatable bonds is 8. The zero-order chi connectivity index (χ0) is 29.2. The second-order valence-electron chi connectivity index (χ2n) is 8.15. The first-order valence-electron chi connectivity index (χ1n) is 10.7.